The van der Waals surface area contributed by atoms with Crippen molar-refractivity contribution in [2.24, 2.45) is 5.10 Å². The number of hydrogen-bond acceptors (Lipinski definition) is 5. The van der Waals surface area contributed by atoms with Gasteiger partial charge in [0.05, 0.1) is 11.9 Å². The zero-order valence-electron chi connectivity index (χ0n) is 15.7. The van der Waals surface area contributed by atoms with Gasteiger partial charge in [0.1, 0.15) is 11.6 Å². The molecular formula is C20H18BrFN4O4. The lowest BCUT2D eigenvalue weighted by Gasteiger charge is -2.09. The third kappa shape index (κ3) is 6.66. The number of ether oxygens (including phenoxy) is 1. The maximum Gasteiger partial charge on any atom is 0.329 e. The number of nitrogens with one attached hydrogen (secondary N) is 3. The van der Waals surface area contributed by atoms with E-state index in [1.54, 1.807) is 30.3 Å². The molecule has 0 spiro atoms. The molecule has 0 radical (unpaired) electrons. The summed E-state index contributed by atoms with van der Waals surface area (Å²) in [5.74, 6) is -2.28. The number of carbonyl (C=O) groups excluding carboxylic acids is 3. The van der Waals surface area contributed by atoms with Crippen LogP contribution in [0, 0.1) is 5.82 Å². The lowest BCUT2D eigenvalue weighted by atomic mass is 10.2. The Bertz CT molecular complexity index is 995. The van der Waals surface area contributed by atoms with E-state index in [1.807, 2.05) is 0 Å². The predicted molar refractivity (Wildman–Crippen MR) is 112 cm³/mol. The van der Waals surface area contributed by atoms with Crippen LogP contribution in [0.15, 0.2) is 52.0 Å². The van der Waals surface area contributed by atoms with Crippen LogP contribution in [0.3, 0.4) is 0 Å². The van der Waals surface area contributed by atoms with E-state index in [1.165, 1.54) is 18.3 Å². The van der Waals surface area contributed by atoms with Crippen LogP contribution in [-0.4, -0.2) is 36.6 Å². The molecule has 30 heavy (non-hydrogen) atoms. The number of benzene rings is 2. The molecule has 0 aromatic heterocycles. The third-order valence-electron chi connectivity index (χ3n) is 3.93. The molecule has 3 rings (SSSR count). The van der Waals surface area contributed by atoms with Crippen molar-refractivity contribution >= 4 is 45.6 Å². The number of hydrazone groups is 1. The number of hydrogen-bond donors (Lipinski definition) is 3. The molecule has 8 nitrogen and oxygen atoms in total. The fourth-order valence-electron chi connectivity index (χ4n) is 2.31. The van der Waals surface area contributed by atoms with Gasteiger partial charge in [-0.25, -0.2) is 9.82 Å². The number of carbonyl (C=O) groups is 3. The van der Waals surface area contributed by atoms with Gasteiger partial charge in [-0.15, -0.1) is 0 Å². The average molecular weight is 477 g/mol. The molecule has 0 unspecified atom stereocenters. The monoisotopic (exact) mass is 476 g/mol. The summed E-state index contributed by atoms with van der Waals surface area (Å²) in [6.07, 6.45) is 3.10. The largest absolute Gasteiger partial charge is 0.484 e. The quantitative estimate of drug-likeness (QED) is 0.323. The van der Waals surface area contributed by atoms with E-state index < -0.39 is 23.5 Å². The zero-order chi connectivity index (χ0) is 21.5. The van der Waals surface area contributed by atoms with Crippen LogP contribution >= 0.6 is 15.9 Å². The highest BCUT2D eigenvalue weighted by Crippen LogP contribution is 2.20. The molecule has 3 amide bonds. The Morgan fingerprint density at radius 1 is 1.17 bits per heavy atom. The summed E-state index contributed by atoms with van der Waals surface area (Å²) in [5, 5.41) is 8.71. The first-order valence-electron chi connectivity index (χ1n) is 9.02. The van der Waals surface area contributed by atoms with Crippen molar-refractivity contribution in [1.29, 1.82) is 0 Å². The van der Waals surface area contributed by atoms with E-state index >= 15 is 0 Å². The van der Waals surface area contributed by atoms with Crippen LogP contribution in [0.4, 0.5) is 10.1 Å². The minimum atomic E-state index is -0.845. The Morgan fingerprint density at radius 2 is 1.97 bits per heavy atom. The van der Waals surface area contributed by atoms with E-state index in [4.69, 9.17) is 4.74 Å². The van der Waals surface area contributed by atoms with Gasteiger partial charge in [-0.3, -0.25) is 14.4 Å². The molecule has 0 bridgehead atoms. The first-order valence-corrected chi connectivity index (χ1v) is 9.81. The Labute approximate surface area is 180 Å². The van der Waals surface area contributed by atoms with E-state index in [2.05, 4.69) is 37.1 Å². The maximum absolute atomic E-state index is 13.8. The first kappa shape index (κ1) is 21.4. The van der Waals surface area contributed by atoms with Crippen LogP contribution in [0.1, 0.15) is 18.4 Å². The molecule has 1 aliphatic carbocycles. The molecule has 2 aromatic carbocycles. The summed E-state index contributed by atoms with van der Waals surface area (Å²) in [7, 11) is 0. The van der Waals surface area contributed by atoms with Crippen molar-refractivity contribution in [2.75, 3.05) is 11.9 Å². The topological polar surface area (TPSA) is 109 Å². The molecule has 0 aliphatic heterocycles. The lowest BCUT2D eigenvalue weighted by molar-refractivity contribution is -0.139. The molecule has 2 aromatic rings. The van der Waals surface area contributed by atoms with Crippen LogP contribution in [0.25, 0.3) is 0 Å². The molecule has 1 fully saturated rings. The van der Waals surface area contributed by atoms with Crippen LogP contribution in [0.5, 0.6) is 5.75 Å². The maximum atomic E-state index is 13.8. The summed E-state index contributed by atoms with van der Waals surface area (Å²) in [6, 6.07) is 11.0. The number of anilines is 1. The molecule has 0 heterocycles. The Morgan fingerprint density at radius 3 is 2.70 bits per heavy atom. The second-order valence-electron chi connectivity index (χ2n) is 6.48. The molecule has 156 valence electrons. The summed E-state index contributed by atoms with van der Waals surface area (Å²) >= 11 is 3.14. The average Bonchev–Trinajstić information content (AvgIpc) is 3.53. The van der Waals surface area contributed by atoms with Gasteiger partial charge in [0.25, 0.3) is 5.91 Å². The van der Waals surface area contributed by atoms with Gasteiger partial charge in [-0.05, 0) is 48.7 Å². The van der Waals surface area contributed by atoms with E-state index in [0.717, 1.165) is 12.8 Å². The summed E-state index contributed by atoms with van der Waals surface area (Å²) in [5.41, 5.74) is 2.77. The van der Waals surface area contributed by atoms with Crippen molar-refractivity contribution in [3.63, 3.8) is 0 Å². The molecule has 10 heteroatoms. The number of rotatable bonds is 7. The molecule has 3 N–H and O–H groups in total. The van der Waals surface area contributed by atoms with Crippen molar-refractivity contribution < 1.29 is 23.5 Å². The highest BCUT2D eigenvalue weighted by atomic mass is 79.9. The van der Waals surface area contributed by atoms with Gasteiger partial charge in [0.15, 0.2) is 6.61 Å². The third-order valence-corrected chi connectivity index (χ3v) is 4.43. The van der Waals surface area contributed by atoms with Crippen molar-refractivity contribution in [2.45, 2.75) is 18.9 Å². The zero-order valence-corrected chi connectivity index (χ0v) is 17.2. The van der Waals surface area contributed by atoms with Crippen molar-refractivity contribution in [3.05, 3.63) is 58.3 Å². The van der Waals surface area contributed by atoms with Crippen molar-refractivity contribution in [1.82, 2.24) is 10.7 Å². The molecule has 0 saturated heterocycles. The Balaban J connectivity index is 1.47. The standard InChI is InChI=1S/C20H18BrFN4O4/c21-13-4-7-17(16(22)9-13)25-18(27)11-30-15-3-1-2-12(8-15)10-23-26-20(29)19(28)24-14-5-6-14/h1-4,7-10,14H,5-6,11H2,(H,24,28)(H,25,27)(H,26,29)/b23-10-. The molecule has 0 atom stereocenters. The predicted octanol–water partition coefficient (Wildman–Crippen LogP) is 2.33. The highest BCUT2D eigenvalue weighted by Gasteiger charge is 2.26. The van der Waals surface area contributed by atoms with Gasteiger partial charge in [-0.2, -0.15) is 5.10 Å². The Hall–Kier alpha value is -3.27. The SMILES string of the molecule is O=C(COc1cccc(/C=N\NC(=O)C(=O)NC2CC2)c1)Nc1ccc(Br)cc1F. The number of nitrogens with zero attached hydrogens (tertiary/aromatic N) is 1. The fourth-order valence-corrected chi connectivity index (χ4v) is 2.64. The number of halogens is 2. The van der Waals surface area contributed by atoms with Gasteiger partial charge >= 0.3 is 11.8 Å². The van der Waals surface area contributed by atoms with Crippen LogP contribution in [-0.2, 0) is 14.4 Å². The summed E-state index contributed by atoms with van der Waals surface area (Å²) in [6.45, 7) is -0.325. The van der Waals surface area contributed by atoms with E-state index in [-0.39, 0.29) is 18.3 Å². The number of amides is 3. The van der Waals surface area contributed by atoms with E-state index in [0.29, 0.717) is 15.8 Å². The van der Waals surface area contributed by atoms with Gasteiger partial charge in [0.2, 0.25) is 0 Å². The smallest absolute Gasteiger partial charge is 0.329 e. The van der Waals surface area contributed by atoms with Gasteiger partial charge < -0.3 is 15.4 Å². The van der Waals surface area contributed by atoms with E-state index in [9.17, 15) is 18.8 Å². The normalized spacial score (nSPS) is 13.0. The first-order chi connectivity index (χ1) is 14.4. The fraction of sp³-hybridized carbons (Fsp3) is 0.200. The minimum Gasteiger partial charge on any atom is -0.484 e. The van der Waals surface area contributed by atoms with Gasteiger partial charge in [0, 0.05) is 10.5 Å². The Kier molecular flexibility index (Phi) is 7.12. The van der Waals surface area contributed by atoms with Crippen molar-refractivity contribution in [3.8, 4) is 5.75 Å². The minimum absolute atomic E-state index is 0.0501. The van der Waals surface area contributed by atoms with Gasteiger partial charge in [-0.1, -0.05) is 28.1 Å². The summed E-state index contributed by atoms with van der Waals surface area (Å²) in [4.78, 5) is 35.1. The summed E-state index contributed by atoms with van der Waals surface area (Å²) < 4.78 is 19.7. The second-order valence-corrected chi connectivity index (χ2v) is 7.40. The molecular weight excluding hydrogens is 459 g/mol. The highest BCUT2D eigenvalue weighted by molar-refractivity contribution is 9.10. The molecule has 1 aliphatic rings. The molecule has 1 saturated carbocycles. The second kappa shape index (κ2) is 9.97. The lowest BCUT2D eigenvalue weighted by Crippen LogP contribution is -2.38. The van der Waals surface area contributed by atoms with Crippen LogP contribution < -0.4 is 20.8 Å². The van der Waals surface area contributed by atoms with Crippen LogP contribution in [0.2, 0.25) is 0 Å².